The van der Waals surface area contributed by atoms with Gasteiger partial charge in [0.2, 0.25) is 5.91 Å². The summed E-state index contributed by atoms with van der Waals surface area (Å²) in [5.74, 6) is -1.11. The molecule has 0 spiro atoms. The molecule has 2 aromatic carbocycles. The molecule has 0 aliphatic heterocycles. The number of hydrogen-bond acceptors (Lipinski definition) is 5. The molecular weight excluding hydrogens is 448 g/mol. The van der Waals surface area contributed by atoms with Crippen molar-refractivity contribution in [3.8, 4) is 11.4 Å². The molecule has 2 heterocycles. The van der Waals surface area contributed by atoms with Crippen LogP contribution in [0.4, 0.5) is 23.2 Å². The average Bonchev–Trinajstić information content (AvgIpc) is 3.44. The first-order valence-corrected chi connectivity index (χ1v) is 10.1. The first-order chi connectivity index (χ1) is 15.3. The molecule has 2 aromatic heterocycles. The lowest BCUT2D eigenvalue weighted by Gasteiger charge is -2.14. The minimum atomic E-state index is -4.58. The third-order valence-corrected chi connectivity index (χ3v) is 5.26. The Morgan fingerprint density at radius 1 is 1.16 bits per heavy atom. The van der Waals surface area contributed by atoms with Crippen molar-refractivity contribution in [2.24, 2.45) is 0 Å². The third-order valence-electron chi connectivity index (χ3n) is 4.29. The van der Waals surface area contributed by atoms with E-state index in [2.05, 4.69) is 20.4 Å². The van der Waals surface area contributed by atoms with Crippen molar-refractivity contribution < 1.29 is 22.4 Å². The molecule has 0 atom stereocenters. The summed E-state index contributed by atoms with van der Waals surface area (Å²) in [6.45, 7) is 0. The van der Waals surface area contributed by atoms with E-state index in [0.717, 1.165) is 23.9 Å². The van der Waals surface area contributed by atoms with E-state index < -0.39 is 23.5 Å². The highest BCUT2D eigenvalue weighted by molar-refractivity contribution is 7.99. The van der Waals surface area contributed by atoms with Gasteiger partial charge in [0.25, 0.3) is 0 Å². The zero-order chi connectivity index (χ0) is 22.7. The summed E-state index contributed by atoms with van der Waals surface area (Å²) in [6.07, 6.45) is 1.07. The van der Waals surface area contributed by atoms with Gasteiger partial charge in [-0.05, 0) is 36.4 Å². The van der Waals surface area contributed by atoms with Gasteiger partial charge in [0.15, 0.2) is 5.16 Å². The highest BCUT2D eigenvalue weighted by Gasteiger charge is 2.31. The van der Waals surface area contributed by atoms with Gasteiger partial charge in [-0.15, -0.1) is 0 Å². The number of benzene rings is 2. The van der Waals surface area contributed by atoms with Gasteiger partial charge in [-0.1, -0.05) is 17.8 Å². The van der Waals surface area contributed by atoms with Gasteiger partial charge in [0, 0.05) is 12.4 Å². The molecule has 1 amide bonds. The van der Waals surface area contributed by atoms with Crippen molar-refractivity contribution in [3.63, 3.8) is 0 Å². The minimum Gasteiger partial charge on any atom is -0.323 e. The molecule has 0 aliphatic carbocycles. The second kappa shape index (κ2) is 8.83. The Kier molecular flexibility index (Phi) is 5.95. The van der Waals surface area contributed by atoms with Crippen LogP contribution in [0.25, 0.3) is 11.4 Å². The molecular formula is C20H14F4N6OS. The summed E-state index contributed by atoms with van der Waals surface area (Å²) in [5, 5.41) is 6.83. The van der Waals surface area contributed by atoms with E-state index in [4.69, 9.17) is 0 Å². The quantitative estimate of drug-likeness (QED) is 0.341. The van der Waals surface area contributed by atoms with Crippen LogP contribution in [-0.2, 0) is 11.0 Å². The molecule has 0 radical (unpaired) electrons. The third kappa shape index (κ3) is 4.80. The second-order valence-electron chi connectivity index (χ2n) is 6.47. The largest absolute Gasteiger partial charge is 0.416 e. The van der Waals surface area contributed by atoms with Crippen LogP contribution in [0.1, 0.15) is 5.56 Å². The number of alkyl halides is 3. The Balaban J connectivity index is 1.52. The highest BCUT2D eigenvalue weighted by Crippen LogP contribution is 2.33. The van der Waals surface area contributed by atoms with E-state index in [1.165, 1.54) is 41.7 Å². The number of nitrogens with one attached hydrogen (secondary N) is 1. The second-order valence-corrected chi connectivity index (χ2v) is 7.41. The van der Waals surface area contributed by atoms with Gasteiger partial charge in [-0.25, -0.2) is 19.0 Å². The summed E-state index contributed by atoms with van der Waals surface area (Å²) in [7, 11) is 0. The fourth-order valence-corrected chi connectivity index (χ4v) is 3.65. The molecule has 32 heavy (non-hydrogen) atoms. The van der Waals surface area contributed by atoms with Crippen molar-refractivity contribution in [2.75, 3.05) is 11.1 Å². The SMILES string of the molecule is O=C(CSc1nccn1-c1cccc(F)c1)Nc1cc(C(F)(F)F)ccc1-n1cncn1. The maximum atomic E-state index is 13.5. The number of nitrogens with zero attached hydrogens (tertiary/aromatic N) is 5. The van der Waals surface area contributed by atoms with Gasteiger partial charge in [0.05, 0.1) is 28.4 Å². The molecule has 0 bridgehead atoms. The van der Waals surface area contributed by atoms with E-state index >= 15 is 0 Å². The fourth-order valence-electron chi connectivity index (χ4n) is 2.88. The molecule has 7 nitrogen and oxygen atoms in total. The van der Waals surface area contributed by atoms with Crippen molar-refractivity contribution >= 4 is 23.4 Å². The standard InChI is InChI=1S/C20H14F4N6OS/c21-14-2-1-3-15(9-14)29-7-6-26-19(29)32-10-18(31)28-16-8-13(20(22,23)24)4-5-17(16)30-12-25-11-27-30/h1-9,11-12H,10H2,(H,28,31). The molecule has 0 saturated carbocycles. The summed E-state index contributed by atoms with van der Waals surface area (Å²) in [6, 6.07) is 8.80. The van der Waals surface area contributed by atoms with Gasteiger partial charge < -0.3 is 5.32 Å². The van der Waals surface area contributed by atoms with Crippen LogP contribution in [-0.4, -0.2) is 36.0 Å². The van der Waals surface area contributed by atoms with Crippen molar-refractivity contribution in [1.82, 2.24) is 24.3 Å². The molecule has 0 fully saturated rings. The van der Waals surface area contributed by atoms with Crippen LogP contribution >= 0.6 is 11.8 Å². The van der Waals surface area contributed by atoms with Gasteiger partial charge >= 0.3 is 6.18 Å². The molecule has 0 saturated heterocycles. The molecule has 4 rings (SSSR count). The Hall–Kier alpha value is -3.67. The van der Waals surface area contributed by atoms with E-state index in [1.54, 1.807) is 22.9 Å². The van der Waals surface area contributed by atoms with E-state index in [9.17, 15) is 22.4 Å². The van der Waals surface area contributed by atoms with Crippen molar-refractivity contribution in [1.29, 1.82) is 0 Å². The van der Waals surface area contributed by atoms with Crippen LogP contribution in [0.5, 0.6) is 0 Å². The predicted octanol–water partition coefficient (Wildman–Crippen LogP) is 4.34. The Morgan fingerprint density at radius 2 is 2.00 bits per heavy atom. The molecule has 12 heteroatoms. The lowest BCUT2D eigenvalue weighted by molar-refractivity contribution is -0.137. The number of anilines is 1. The molecule has 0 aliphatic rings. The monoisotopic (exact) mass is 462 g/mol. The smallest absolute Gasteiger partial charge is 0.323 e. The summed E-state index contributed by atoms with van der Waals surface area (Å²) in [5.41, 5.74) is -0.220. The maximum absolute atomic E-state index is 13.5. The van der Waals surface area contributed by atoms with Crippen molar-refractivity contribution in [2.45, 2.75) is 11.3 Å². The predicted molar refractivity (Wildman–Crippen MR) is 109 cm³/mol. The lowest BCUT2D eigenvalue weighted by atomic mass is 10.1. The molecule has 0 unspecified atom stereocenters. The van der Waals surface area contributed by atoms with Crippen LogP contribution in [0.2, 0.25) is 0 Å². The number of thioether (sulfide) groups is 1. The number of amides is 1. The first-order valence-electron chi connectivity index (χ1n) is 9.09. The zero-order valence-corrected chi connectivity index (χ0v) is 16.9. The van der Waals surface area contributed by atoms with E-state index in [0.29, 0.717) is 10.8 Å². The fraction of sp³-hybridized carbons (Fsp3) is 0.100. The van der Waals surface area contributed by atoms with Crippen LogP contribution in [0, 0.1) is 5.82 Å². The summed E-state index contributed by atoms with van der Waals surface area (Å²) in [4.78, 5) is 20.5. The van der Waals surface area contributed by atoms with Crippen LogP contribution in [0.15, 0.2) is 72.7 Å². The molecule has 1 N–H and O–H groups in total. The summed E-state index contributed by atoms with van der Waals surface area (Å²) < 4.78 is 55.8. The number of halogens is 4. The van der Waals surface area contributed by atoms with E-state index in [1.807, 2.05) is 0 Å². The van der Waals surface area contributed by atoms with Crippen LogP contribution in [0.3, 0.4) is 0 Å². The van der Waals surface area contributed by atoms with E-state index in [-0.39, 0.29) is 17.1 Å². The molecule has 4 aromatic rings. The Bertz CT molecular complexity index is 1240. The number of imidazole rings is 1. The number of carbonyl (C=O) groups is 1. The first kappa shape index (κ1) is 21.6. The number of hydrogen-bond donors (Lipinski definition) is 1. The van der Waals surface area contributed by atoms with Crippen molar-refractivity contribution in [3.05, 3.63) is 78.9 Å². The minimum absolute atomic E-state index is 0.0654. The van der Waals surface area contributed by atoms with Crippen LogP contribution < -0.4 is 5.32 Å². The number of rotatable bonds is 6. The topological polar surface area (TPSA) is 77.6 Å². The molecule has 164 valence electrons. The zero-order valence-electron chi connectivity index (χ0n) is 16.1. The normalized spacial score (nSPS) is 11.5. The average molecular weight is 462 g/mol. The lowest BCUT2D eigenvalue weighted by Crippen LogP contribution is -2.17. The highest BCUT2D eigenvalue weighted by atomic mass is 32.2. The summed E-state index contributed by atoms with van der Waals surface area (Å²) >= 11 is 1.06. The van der Waals surface area contributed by atoms with Gasteiger partial charge in [-0.2, -0.15) is 18.3 Å². The Morgan fingerprint density at radius 3 is 2.72 bits per heavy atom. The van der Waals surface area contributed by atoms with Gasteiger partial charge in [0.1, 0.15) is 18.5 Å². The number of carbonyl (C=O) groups excluding carboxylic acids is 1. The maximum Gasteiger partial charge on any atom is 0.416 e. The number of aromatic nitrogens is 5. The Labute approximate surface area is 183 Å². The van der Waals surface area contributed by atoms with Gasteiger partial charge in [-0.3, -0.25) is 9.36 Å².